The van der Waals surface area contributed by atoms with E-state index in [2.05, 4.69) is 28.4 Å². The van der Waals surface area contributed by atoms with E-state index in [9.17, 15) is 14.3 Å². The molecule has 150 valence electrons. The summed E-state index contributed by atoms with van der Waals surface area (Å²) in [6, 6.07) is 8.74. The van der Waals surface area contributed by atoms with Crippen LogP contribution in [0.4, 0.5) is 4.39 Å². The van der Waals surface area contributed by atoms with Crippen LogP contribution in [0.15, 0.2) is 36.7 Å². The second-order valence-corrected chi connectivity index (χ2v) is 7.36. The van der Waals surface area contributed by atoms with Crippen molar-refractivity contribution in [1.29, 1.82) is 0 Å². The number of carbonyl (C=O) groups is 1. The Balaban J connectivity index is 2.08. The highest BCUT2D eigenvalue weighted by Crippen LogP contribution is 2.37. The predicted molar refractivity (Wildman–Crippen MR) is 109 cm³/mol. The average Bonchev–Trinajstić information content (AvgIpc) is 3.26. The van der Waals surface area contributed by atoms with E-state index in [1.165, 1.54) is 13.2 Å². The van der Waals surface area contributed by atoms with Gasteiger partial charge in [0.25, 0.3) is 0 Å². The third kappa shape index (κ3) is 3.22. The minimum absolute atomic E-state index is 0.0343. The minimum Gasteiger partial charge on any atom is -0.494 e. The number of H-pyrrole nitrogens is 1. The van der Waals surface area contributed by atoms with Crippen molar-refractivity contribution in [3.05, 3.63) is 53.7 Å². The van der Waals surface area contributed by atoms with Crippen molar-refractivity contribution in [2.75, 3.05) is 7.11 Å². The normalized spacial score (nSPS) is 11.6. The fourth-order valence-corrected chi connectivity index (χ4v) is 3.97. The number of nitrogens with zero attached hydrogens (tertiary/aromatic N) is 2. The lowest BCUT2D eigenvalue weighted by Crippen LogP contribution is -2.06. The van der Waals surface area contributed by atoms with E-state index in [0.29, 0.717) is 6.42 Å². The van der Waals surface area contributed by atoms with E-state index in [1.54, 1.807) is 18.5 Å². The lowest BCUT2D eigenvalue weighted by Gasteiger charge is -2.16. The van der Waals surface area contributed by atoms with Gasteiger partial charge < -0.3 is 19.4 Å². The van der Waals surface area contributed by atoms with Crippen molar-refractivity contribution < 1.29 is 19.0 Å². The van der Waals surface area contributed by atoms with Gasteiger partial charge in [0.05, 0.1) is 30.0 Å². The summed E-state index contributed by atoms with van der Waals surface area (Å²) >= 11 is 0. The Labute approximate surface area is 166 Å². The van der Waals surface area contributed by atoms with Crippen LogP contribution in [0.1, 0.15) is 37.4 Å². The van der Waals surface area contributed by atoms with Crippen molar-refractivity contribution >= 4 is 27.9 Å². The Morgan fingerprint density at radius 1 is 1.31 bits per heavy atom. The van der Waals surface area contributed by atoms with Crippen LogP contribution in [0.2, 0.25) is 0 Å². The van der Waals surface area contributed by atoms with Gasteiger partial charge in [-0.15, -0.1) is 0 Å². The van der Waals surface area contributed by atoms with Crippen molar-refractivity contribution in [2.45, 2.75) is 32.6 Å². The molecule has 4 aromatic rings. The van der Waals surface area contributed by atoms with Crippen LogP contribution >= 0.6 is 0 Å². The number of hydrogen-bond donors (Lipinski definition) is 2. The maximum absolute atomic E-state index is 14.0. The molecular weight excluding hydrogens is 373 g/mol. The van der Waals surface area contributed by atoms with E-state index in [-0.39, 0.29) is 18.1 Å². The number of rotatable bonds is 6. The molecule has 0 amide bonds. The maximum atomic E-state index is 14.0. The summed E-state index contributed by atoms with van der Waals surface area (Å²) in [4.78, 5) is 18.8. The zero-order valence-corrected chi connectivity index (χ0v) is 16.5. The molecule has 2 aromatic heterocycles. The summed E-state index contributed by atoms with van der Waals surface area (Å²) in [5, 5.41) is 10.2. The molecule has 0 aliphatic rings. The van der Waals surface area contributed by atoms with Crippen molar-refractivity contribution in [1.82, 2.24) is 14.5 Å². The molecule has 0 aliphatic carbocycles. The first kappa shape index (κ1) is 19.0. The molecule has 0 spiro atoms. The first-order valence-corrected chi connectivity index (χ1v) is 9.46. The molecule has 0 aliphatic heterocycles. The molecule has 2 N–H and O–H groups in total. The quantitative estimate of drug-likeness (QED) is 0.492. The monoisotopic (exact) mass is 395 g/mol. The molecule has 2 heterocycles. The molecule has 0 bridgehead atoms. The highest BCUT2D eigenvalue weighted by molar-refractivity contribution is 5.97. The molecule has 29 heavy (non-hydrogen) atoms. The van der Waals surface area contributed by atoms with Gasteiger partial charge in [0.15, 0.2) is 11.6 Å². The fourth-order valence-electron chi connectivity index (χ4n) is 3.97. The number of aliphatic carboxylic acids is 1. The summed E-state index contributed by atoms with van der Waals surface area (Å²) in [6.45, 7) is 4.14. The first-order chi connectivity index (χ1) is 13.9. The van der Waals surface area contributed by atoms with E-state index < -0.39 is 11.8 Å². The molecule has 0 atom stereocenters. The number of hydrogen-bond acceptors (Lipinski definition) is 3. The maximum Gasteiger partial charge on any atom is 0.303 e. The number of carboxylic acids is 1. The van der Waals surface area contributed by atoms with Crippen molar-refractivity contribution in [3.8, 4) is 11.4 Å². The lowest BCUT2D eigenvalue weighted by atomic mass is 9.99. The molecule has 0 fully saturated rings. The van der Waals surface area contributed by atoms with Crippen molar-refractivity contribution in [3.63, 3.8) is 0 Å². The molecule has 0 unspecified atom stereocenters. The number of aromatic nitrogens is 3. The van der Waals surface area contributed by atoms with E-state index in [1.807, 2.05) is 12.1 Å². The summed E-state index contributed by atoms with van der Waals surface area (Å²) in [6.07, 6.45) is 2.08. The van der Waals surface area contributed by atoms with Gasteiger partial charge in [-0.3, -0.25) is 4.79 Å². The van der Waals surface area contributed by atoms with Crippen LogP contribution < -0.4 is 4.74 Å². The van der Waals surface area contributed by atoms with Crippen LogP contribution in [0.5, 0.6) is 5.75 Å². The van der Waals surface area contributed by atoms with Gasteiger partial charge in [0, 0.05) is 29.3 Å². The Morgan fingerprint density at radius 2 is 2.10 bits per heavy atom. The Kier molecular flexibility index (Phi) is 4.74. The van der Waals surface area contributed by atoms with Gasteiger partial charge in [0.1, 0.15) is 0 Å². The smallest absolute Gasteiger partial charge is 0.303 e. The minimum atomic E-state index is -0.841. The highest BCUT2D eigenvalue weighted by Gasteiger charge is 2.22. The summed E-state index contributed by atoms with van der Waals surface area (Å²) in [5.41, 5.74) is 5.35. The molecule has 0 radical (unpaired) electrons. The average molecular weight is 395 g/mol. The van der Waals surface area contributed by atoms with Gasteiger partial charge >= 0.3 is 5.97 Å². The highest BCUT2D eigenvalue weighted by atomic mass is 19.1. The SMILES string of the molecule is COc1cc(-n2c(C(C)C)c(CCC(=O)O)c3cc4[nH]cnc4cc32)ccc1F. The van der Waals surface area contributed by atoms with E-state index >= 15 is 0 Å². The number of aryl methyl sites for hydroxylation is 1. The Morgan fingerprint density at radius 3 is 2.79 bits per heavy atom. The molecular formula is C22H22FN3O3. The third-order valence-electron chi connectivity index (χ3n) is 5.18. The number of carboxylic acid groups (broad SMARTS) is 1. The van der Waals surface area contributed by atoms with Gasteiger partial charge in [0.2, 0.25) is 0 Å². The van der Waals surface area contributed by atoms with Gasteiger partial charge in [-0.2, -0.15) is 0 Å². The molecule has 6 nitrogen and oxygen atoms in total. The van der Waals surface area contributed by atoms with Crippen LogP contribution in [0, 0.1) is 5.82 Å². The van der Waals surface area contributed by atoms with Crippen LogP contribution in [0.25, 0.3) is 27.6 Å². The number of benzene rings is 2. The molecule has 4 rings (SSSR count). The number of nitrogens with one attached hydrogen (secondary N) is 1. The first-order valence-electron chi connectivity index (χ1n) is 9.46. The van der Waals surface area contributed by atoms with Crippen LogP contribution in [-0.2, 0) is 11.2 Å². The van der Waals surface area contributed by atoms with Crippen LogP contribution in [-0.4, -0.2) is 32.7 Å². The topological polar surface area (TPSA) is 80.1 Å². The molecule has 2 aromatic carbocycles. The second kappa shape index (κ2) is 7.24. The van der Waals surface area contributed by atoms with Crippen LogP contribution in [0.3, 0.4) is 0 Å². The summed E-state index contributed by atoms with van der Waals surface area (Å²) in [5.74, 6) is -0.994. The second-order valence-electron chi connectivity index (χ2n) is 7.36. The van der Waals surface area contributed by atoms with Gasteiger partial charge in [-0.05, 0) is 42.2 Å². The van der Waals surface area contributed by atoms with Crippen molar-refractivity contribution in [2.24, 2.45) is 0 Å². The number of fused-ring (bicyclic) bond motifs is 2. The standard InChI is InChI=1S/C22H22FN3O3/c1-12(2)22-14(5-7-21(27)28)15-9-17-18(25-11-24-17)10-19(15)26(22)13-4-6-16(23)20(8-13)29-3/h4,6,8-12H,5,7H2,1-3H3,(H,24,25)(H,27,28). The van der Waals surface area contributed by atoms with E-state index in [0.717, 1.165) is 38.9 Å². The summed E-state index contributed by atoms with van der Waals surface area (Å²) < 4.78 is 21.3. The summed E-state index contributed by atoms with van der Waals surface area (Å²) in [7, 11) is 1.44. The number of halogens is 1. The van der Waals surface area contributed by atoms with E-state index in [4.69, 9.17) is 4.74 Å². The fraction of sp³-hybridized carbons (Fsp3) is 0.273. The zero-order valence-electron chi connectivity index (χ0n) is 16.5. The lowest BCUT2D eigenvalue weighted by molar-refractivity contribution is -0.136. The van der Waals surface area contributed by atoms with Gasteiger partial charge in [-0.1, -0.05) is 13.8 Å². The zero-order chi connectivity index (χ0) is 20.7. The number of methoxy groups -OCH3 is 1. The number of aromatic amines is 1. The number of ether oxygens (including phenoxy) is 1. The number of imidazole rings is 1. The predicted octanol–water partition coefficient (Wildman–Crippen LogP) is 4.80. The Bertz CT molecular complexity index is 1220. The molecule has 7 heteroatoms. The molecule has 0 saturated heterocycles. The molecule has 0 saturated carbocycles. The van der Waals surface area contributed by atoms with Gasteiger partial charge in [-0.25, -0.2) is 9.37 Å². The third-order valence-corrected chi connectivity index (χ3v) is 5.18. The largest absolute Gasteiger partial charge is 0.494 e. The Hall–Kier alpha value is -3.35.